The van der Waals surface area contributed by atoms with Crippen LogP contribution in [0.25, 0.3) is 0 Å². The fraction of sp³-hybridized carbons (Fsp3) is 0.538. The van der Waals surface area contributed by atoms with E-state index in [1.54, 1.807) is 12.1 Å². The minimum absolute atomic E-state index is 0.107. The summed E-state index contributed by atoms with van der Waals surface area (Å²) in [6.45, 7) is 2.44. The first-order valence-corrected chi connectivity index (χ1v) is 6.48. The van der Waals surface area contributed by atoms with Gasteiger partial charge in [0.05, 0.1) is 5.02 Å². The van der Waals surface area contributed by atoms with Crippen molar-refractivity contribution in [2.45, 2.75) is 31.8 Å². The smallest absolute Gasteiger partial charge is 0.146 e. The molecule has 0 bridgehead atoms. The number of benzene rings is 1. The van der Waals surface area contributed by atoms with Gasteiger partial charge in [-0.1, -0.05) is 23.7 Å². The zero-order chi connectivity index (χ0) is 13.5. The second-order valence-electron chi connectivity index (χ2n) is 4.36. The van der Waals surface area contributed by atoms with Gasteiger partial charge >= 0.3 is 0 Å². The van der Waals surface area contributed by atoms with Crippen LogP contribution < -0.4 is 11.1 Å². The predicted molar refractivity (Wildman–Crippen MR) is 72.1 cm³/mol. The first kappa shape index (κ1) is 15.4. The van der Waals surface area contributed by atoms with E-state index >= 15 is 0 Å². The van der Waals surface area contributed by atoms with Gasteiger partial charge in [-0.15, -0.1) is 0 Å². The van der Waals surface area contributed by atoms with Gasteiger partial charge in [-0.2, -0.15) is 0 Å². The minimum atomic E-state index is -0.420. The van der Waals surface area contributed by atoms with Crippen molar-refractivity contribution in [1.82, 2.24) is 5.32 Å². The molecule has 0 saturated heterocycles. The van der Waals surface area contributed by atoms with Crippen LogP contribution in [-0.2, 0) is 0 Å². The van der Waals surface area contributed by atoms with Crippen molar-refractivity contribution in [3.05, 3.63) is 34.6 Å². The van der Waals surface area contributed by atoms with Crippen LogP contribution in [0, 0.1) is 5.82 Å². The zero-order valence-corrected chi connectivity index (χ0v) is 11.3. The standard InChI is InChI=1S/C13H20ClFN2O/c1-9(4-3-7-18)17-12(8-16)10-5-2-6-11(14)13(10)15/h2,5-6,9,12,17-18H,3-4,7-8,16H2,1H3. The SMILES string of the molecule is CC(CCCO)NC(CN)c1cccc(Cl)c1F. The Morgan fingerprint density at radius 1 is 1.50 bits per heavy atom. The van der Waals surface area contributed by atoms with E-state index in [1.165, 1.54) is 6.07 Å². The molecular weight excluding hydrogens is 255 g/mol. The molecule has 0 radical (unpaired) electrons. The Hall–Kier alpha value is -0.680. The van der Waals surface area contributed by atoms with E-state index in [9.17, 15) is 4.39 Å². The Kier molecular flexibility index (Phi) is 6.57. The highest BCUT2D eigenvalue weighted by Gasteiger charge is 2.17. The molecule has 0 aliphatic heterocycles. The van der Waals surface area contributed by atoms with Crippen LogP contribution in [0.2, 0.25) is 5.02 Å². The van der Waals surface area contributed by atoms with E-state index < -0.39 is 5.82 Å². The lowest BCUT2D eigenvalue weighted by Gasteiger charge is -2.23. The van der Waals surface area contributed by atoms with Gasteiger partial charge in [-0.3, -0.25) is 0 Å². The quantitative estimate of drug-likeness (QED) is 0.715. The molecule has 0 aliphatic rings. The molecule has 0 aromatic heterocycles. The van der Waals surface area contributed by atoms with Crippen molar-refractivity contribution in [3.8, 4) is 0 Å². The molecule has 4 N–H and O–H groups in total. The highest BCUT2D eigenvalue weighted by molar-refractivity contribution is 6.30. The molecule has 0 saturated carbocycles. The molecule has 18 heavy (non-hydrogen) atoms. The molecule has 0 amide bonds. The van der Waals surface area contributed by atoms with Gasteiger partial charge in [0.1, 0.15) is 5.82 Å². The summed E-state index contributed by atoms with van der Waals surface area (Å²) >= 11 is 5.76. The van der Waals surface area contributed by atoms with Gasteiger partial charge in [0, 0.05) is 30.8 Å². The maximum absolute atomic E-state index is 13.9. The van der Waals surface area contributed by atoms with E-state index in [2.05, 4.69) is 5.32 Å². The normalized spacial score (nSPS) is 14.5. The van der Waals surface area contributed by atoms with Crippen LogP contribution in [0.15, 0.2) is 18.2 Å². The molecule has 1 aromatic rings. The predicted octanol–water partition coefficient (Wildman–Crippen LogP) is 2.23. The minimum Gasteiger partial charge on any atom is -0.396 e. The van der Waals surface area contributed by atoms with Gasteiger partial charge in [0.2, 0.25) is 0 Å². The van der Waals surface area contributed by atoms with E-state index in [0.29, 0.717) is 18.5 Å². The summed E-state index contributed by atoms with van der Waals surface area (Å²) in [4.78, 5) is 0. The summed E-state index contributed by atoms with van der Waals surface area (Å²) in [7, 11) is 0. The van der Waals surface area contributed by atoms with Crippen molar-refractivity contribution in [1.29, 1.82) is 0 Å². The molecule has 1 rings (SSSR count). The van der Waals surface area contributed by atoms with Crippen LogP contribution in [-0.4, -0.2) is 24.3 Å². The molecule has 1 aromatic carbocycles. The fourth-order valence-electron chi connectivity index (χ4n) is 1.90. The molecule has 5 heteroatoms. The van der Waals surface area contributed by atoms with Crippen LogP contribution in [0.5, 0.6) is 0 Å². The van der Waals surface area contributed by atoms with Crippen molar-refractivity contribution in [3.63, 3.8) is 0 Å². The lowest BCUT2D eigenvalue weighted by Crippen LogP contribution is -2.35. The topological polar surface area (TPSA) is 58.3 Å². The van der Waals surface area contributed by atoms with E-state index in [4.69, 9.17) is 22.4 Å². The number of hydrogen-bond donors (Lipinski definition) is 3. The van der Waals surface area contributed by atoms with Crippen molar-refractivity contribution in [2.75, 3.05) is 13.2 Å². The molecule has 2 atom stereocenters. The Bertz CT molecular complexity index is 376. The summed E-state index contributed by atoms with van der Waals surface area (Å²) in [6.07, 6.45) is 1.53. The van der Waals surface area contributed by atoms with Crippen molar-refractivity contribution < 1.29 is 9.50 Å². The van der Waals surface area contributed by atoms with Gasteiger partial charge in [0.15, 0.2) is 0 Å². The molecule has 2 unspecified atom stereocenters. The van der Waals surface area contributed by atoms with E-state index in [-0.39, 0.29) is 23.7 Å². The molecule has 0 aliphatic carbocycles. The Labute approximate surface area is 112 Å². The number of nitrogens with one attached hydrogen (secondary N) is 1. The maximum atomic E-state index is 13.9. The summed E-state index contributed by atoms with van der Waals surface area (Å²) in [5.41, 5.74) is 6.17. The highest BCUT2D eigenvalue weighted by Crippen LogP contribution is 2.23. The Morgan fingerprint density at radius 2 is 2.22 bits per heavy atom. The van der Waals surface area contributed by atoms with Crippen LogP contribution >= 0.6 is 11.6 Å². The van der Waals surface area contributed by atoms with Crippen LogP contribution in [0.1, 0.15) is 31.4 Å². The van der Waals surface area contributed by atoms with Gasteiger partial charge in [0.25, 0.3) is 0 Å². The van der Waals surface area contributed by atoms with Crippen molar-refractivity contribution in [2.24, 2.45) is 5.73 Å². The molecule has 0 heterocycles. The molecular formula is C13H20ClFN2O. The number of aliphatic hydroxyl groups excluding tert-OH is 1. The summed E-state index contributed by atoms with van der Waals surface area (Å²) in [5, 5.41) is 12.1. The number of aliphatic hydroxyl groups is 1. The van der Waals surface area contributed by atoms with Gasteiger partial charge in [-0.25, -0.2) is 4.39 Å². The molecule has 102 valence electrons. The number of nitrogens with two attached hydrogens (primary N) is 1. The summed E-state index contributed by atoms with van der Waals surface area (Å²) in [6, 6.07) is 4.80. The lowest BCUT2D eigenvalue weighted by atomic mass is 10.0. The average molecular weight is 275 g/mol. The maximum Gasteiger partial charge on any atom is 0.146 e. The molecule has 3 nitrogen and oxygen atoms in total. The van der Waals surface area contributed by atoms with Gasteiger partial charge < -0.3 is 16.2 Å². The first-order chi connectivity index (χ1) is 8.60. The third-order valence-electron chi connectivity index (χ3n) is 2.87. The number of rotatable bonds is 7. The first-order valence-electron chi connectivity index (χ1n) is 6.11. The third-order valence-corrected chi connectivity index (χ3v) is 3.17. The average Bonchev–Trinajstić information content (AvgIpc) is 2.37. The zero-order valence-electron chi connectivity index (χ0n) is 10.5. The van der Waals surface area contributed by atoms with E-state index in [1.807, 2.05) is 6.92 Å². The van der Waals surface area contributed by atoms with Gasteiger partial charge in [-0.05, 0) is 25.8 Å². The highest BCUT2D eigenvalue weighted by atomic mass is 35.5. The monoisotopic (exact) mass is 274 g/mol. The van der Waals surface area contributed by atoms with Crippen LogP contribution in [0.4, 0.5) is 4.39 Å². The van der Waals surface area contributed by atoms with E-state index in [0.717, 1.165) is 6.42 Å². The second kappa shape index (κ2) is 7.69. The summed E-state index contributed by atoms with van der Waals surface area (Å²) in [5.74, 6) is -0.420. The molecule has 0 fully saturated rings. The Balaban J connectivity index is 2.74. The Morgan fingerprint density at radius 3 is 2.83 bits per heavy atom. The largest absolute Gasteiger partial charge is 0.396 e. The third kappa shape index (κ3) is 4.21. The number of halogens is 2. The lowest BCUT2D eigenvalue weighted by molar-refractivity contribution is 0.273. The van der Waals surface area contributed by atoms with Crippen LogP contribution in [0.3, 0.4) is 0 Å². The van der Waals surface area contributed by atoms with Crippen molar-refractivity contribution >= 4 is 11.6 Å². The molecule has 0 spiro atoms. The summed E-state index contributed by atoms with van der Waals surface area (Å²) < 4.78 is 13.9. The fourth-order valence-corrected chi connectivity index (χ4v) is 2.08. The second-order valence-corrected chi connectivity index (χ2v) is 4.77. The number of hydrogen-bond acceptors (Lipinski definition) is 3.